The highest BCUT2D eigenvalue weighted by atomic mass is 32.2. The highest BCUT2D eigenvalue weighted by Gasteiger charge is 2.32. The molecule has 0 fully saturated rings. The van der Waals surface area contributed by atoms with Crippen LogP contribution in [0.2, 0.25) is 0 Å². The number of carbonyl (C=O) groups is 1. The predicted molar refractivity (Wildman–Crippen MR) is 115 cm³/mol. The van der Waals surface area contributed by atoms with E-state index >= 15 is 0 Å². The number of hydrogen-bond acceptors (Lipinski definition) is 6. The van der Waals surface area contributed by atoms with Gasteiger partial charge in [0.25, 0.3) is 5.91 Å². The van der Waals surface area contributed by atoms with Crippen molar-refractivity contribution in [1.29, 1.82) is 0 Å². The van der Waals surface area contributed by atoms with Crippen molar-refractivity contribution in [3.8, 4) is 22.6 Å². The zero-order valence-electron chi connectivity index (χ0n) is 18.1. The molecule has 0 spiro atoms. The Bertz CT molecular complexity index is 1340. The van der Waals surface area contributed by atoms with Crippen LogP contribution < -0.4 is 14.4 Å². The third-order valence-electron chi connectivity index (χ3n) is 4.71. The van der Waals surface area contributed by atoms with Crippen LogP contribution in [-0.2, 0) is 9.84 Å². The molecule has 7 nitrogen and oxygen atoms in total. The highest BCUT2D eigenvalue weighted by Crippen LogP contribution is 2.37. The third kappa shape index (κ3) is 5.63. The summed E-state index contributed by atoms with van der Waals surface area (Å²) < 4.78 is 85.0. The maximum absolute atomic E-state index is 13.7. The molecule has 0 aliphatic heterocycles. The largest absolute Gasteiger partial charge is 0.573 e. The number of nitrogens with zero attached hydrogens (tertiary/aromatic N) is 2. The van der Waals surface area contributed by atoms with Crippen molar-refractivity contribution in [2.45, 2.75) is 11.3 Å². The van der Waals surface area contributed by atoms with Crippen LogP contribution in [0.5, 0.6) is 11.5 Å². The SMILES string of the molecule is COc1cc(F)ccc1-c1ccncc1N(C)C(=O)c1cc(OC(F)(F)F)cc(S(C)(=O)=O)c1. The molecule has 0 aliphatic carbocycles. The van der Waals surface area contributed by atoms with Crippen LogP contribution in [0.25, 0.3) is 11.1 Å². The zero-order chi connectivity index (χ0) is 25.3. The second-order valence-electron chi connectivity index (χ2n) is 7.11. The molecule has 0 saturated heterocycles. The third-order valence-corrected chi connectivity index (χ3v) is 5.80. The van der Waals surface area contributed by atoms with Gasteiger partial charge in [-0.05, 0) is 36.4 Å². The molecule has 2 aromatic carbocycles. The fraction of sp³-hybridized carbons (Fsp3) is 0.182. The lowest BCUT2D eigenvalue weighted by atomic mass is 10.0. The average Bonchev–Trinajstić information content (AvgIpc) is 2.76. The monoisotopic (exact) mass is 498 g/mol. The first-order chi connectivity index (χ1) is 15.8. The number of halogens is 4. The summed E-state index contributed by atoms with van der Waals surface area (Å²) in [6, 6.07) is 7.74. The van der Waals surface area contributed by atoms with Crippen LogP contribution in [-0.4, -0.2) is 46.1 Å². The van der Waals surface area contributed by atoms with Gasteiger partial charge in [-0.3, -0.25) is 9.78 Å². The molecule has 1 amide bonds. The minimum Gasteiger partial charge on any atom is -0.496 e. The standard InChI is InChI=1S/C22H18F4N2O5S/c1-28(19-12-27-7-6-17(19)18-5-4-14(23)10-20(18)32-2)21(29)13-8-15(33-22(24,25)26)11-16(9-13)34(3,30)31/h4-12H,1-3H3. The Morgan fingerprint density at radius 2 is 1.76 bits per heavy atom. The topological polar surface area (TPSA) is 85.8 Å². The second-order valence-corrected chi connectivity index (χ2v) is 9.13. The van der Waals surface area contributed by atoms with E-state index in [0.717, 1.165) is 29.4 Å². The number of sulfone groups is 1. The Labute approximate surface area is 192 Å². The zero-order valence-corrected chi connectivity index (χ0v) is 18.9. The molecule has 0 atom stereocenters. The Hall–Kier alpha value is -3.67. The van der Waals surface area contributed by atoms with Gasteiger partial charge in [-0.15, -0.1) is 13.2 Å². The van der Waals surface area contributed by atoms with Gasteiger partial charge in [0.05, 0.1) is 23.9 Å². The first-order valence-electron chi connectivity index (χ1n) is 9.47. The fourth-order valence-corrected chi connectivity index (χ4v) is 3.84. The molecule has 3 aromatic rings. The number of ether oxygens (including phenoxy) is 2. The Morgan fingerprint density at radius 3 is 2.38 bits per heavy atom. The highest BCUT2D eigenvalue weighted by molar-refractivity contribution is 7.90. The molecular weight excluding hydrogens is 480 g/mol. The van der Waals surface area contributed by atoms with Gasteiger partial charge in [0.15, 0.2) is 9.84 Å². The summed E-state index contributed by atoms with van der Waals surface area (Å²) in [4.78, 5) is 17.7. The first-order valence-corrected chi connectivity index (χ1v) is 11.4. The maximum Gasteiger partial charge on any atom is 0.573 e. The molecule has 34 heavy (non-hydrogen) atoms. The number of benzene rings is 2. The molecule has 180 valence electrons. The van der Waals surface area contributed by atoms with Gasteiger partial charge in [-0.2, -0.15) is 0 Å². The van der Waals surface area contributed by atoms with E-state index in [1.54, 1.807) is 6.07 Å². The summed E-state index contributed by atoms with van der Waals surface area (Å²) in [7, 11) is -1.30. The van der Waals surface area contributed by atoms with Crippen molar-refractivity contribution in [1.82, 2.24) is 4.98 Å². The van der Waals surface area contributed by atoms with Gasteiger partial charge >= 0.3 is 6.36 Å². The normalized spacial score (nSPS) is 11.7. The second kappa shape index (κ2) is 9.29. The van der Waals surface area contributed by atoms with Gasteiger partial charge in [0, 0.05) is 42.3 Å². The molecule has 0 N–H and O–H groups in total. The molecule has 1 heterocycles. The lowest BCUT2D eigenvalue weighted by Gasteiger charge is -2.22. The average molecular weight is 498 g/mol. The van der Waals surface area contributed by atoms with Crippen LogP contribution >= 0.6 is 0 Å². The van der Waals surface area contributed by atoms with E-state index < -0.39 is 38.6 Å². The smallest absolute Gasteiger partial charge is 0.496 e. The Morgan fingerprint density at radius 1 is 1.06 bits per heavy atom. The molecule has 0 bridgehead atoms. The van der Waals surface area contributed by atoms with Crippen molar-refractivity contribution in [2.24, 2.45) is 0 Å². The summed E-state index contributed by atoms with van der Waals surface area (Å²) in [6.07, 6.45) is -1.56. The van der Waals surface area contributed by atoms with E-state index in [1.165, 1.54) is 38.7 Å². The Kier molecular flexibility index (Phi) is 6.82. The van der Waals surface area contributed by atoms with E-state index in [2.05, 4.69) is 9.72 Å². The van der Waals surface area contributed by atoms with Gasteiger partial charge in [0.2, 0.25) is 0 Å². The Balaban J connectivity index is 2.10. The maximum atomic E-state index is 13.7. The molecular formula is C22H18F4N2O5S. The van der Waals surface area contributed by atoms with Gasteiger partial charge in [-0.1, -0.05) is 0 Å². The lowest BCUT2D eigenvalue weighted by molar-refractivity contribution is -0.274. The fourth-order valence-electron chi connectivity index (χ4n) is 3.17. The number of alkyl halides is 3. The molecule has 1 aromatic heterocycles. The van der Waals surface area contributed by atoms with Crippen LogP contribution in [0.15, 0.2) is 59.8 Å². The minimum atomic E-state index is -5.10. The number of hydrogen-bond donors (Lipinski definition) is 0. The number of pyridine rings is 1. The van der Waals surface area contributed by atoms with E-state index in [4.69, 9.17) is 4.74 Å². The molecule has 0 radical (unpaired) electrons. The number of rotatable bonds is 6. The number of methoxy groups -OCH3 is 1. The molecule has 0 aliphatic rings. The van der Waals surface area contributed by atoms with E-state index in [-0.39, 0.29) is 17.0 Å². The van der Waals surface area contributed by atoms with Crippen molar-refractivity contribution in [2.75, 3.05) is 25.3 Å². The van der Waals surface area contributed by atoms with Crippen LogP contribution in [0.3, 0.4) is 0 Å². The predicted octanol–water partition coefficient (Wildman–Crippen LogP) is 4.48. The first kappa shape index (κ1) is 25.0. The molecule has 0 unspecified atom stereocenters. The van der Waals surface area contributed by atoms with Crippen molar-refractivity contribution < 1.29 is 40.2 Å². The molecule has 0 saturated carbocycles. The van der Waals surface area contributed by atoms with Crippen LogP contribution in [0, 0.1) is 5.82 Å². The number of anilines is 1. The molecule has 3 rings (SSSR count). The summed E-state index contributed by atoms with van der Waals surface area (Å²) in [5.74, 6) is -2.07. The lowest BCUT2D eigenvalue weighted by Crippen LogP contribution is -2.27. The van der Waals surface area contributed by atoms with E-state index in [1.807, 2.05) is 0 Å². The number of aromatic nitrogens is 1. The summed E-state index contributed by atoms with van der Waals surface area (Å²) in [6.45, 7) is 0. The van der Waals surface area contributed by atoms with Gasteiger partial charge < -0.3 is 14.4 Å². The van der Waals surface area contributed by atoms with Crippen LogP contribution in [0.4, 0.5) is 23.2 Å². The molecule has 12 heteroatoms. The van der Waals surface area contributed by atoms with Gasteiger partial charge in [-0.25, -0.2) is 12.8 Å². The summed E-state index contributed by atoms with van der Waals surface area (Å²) in [5.41, 5.74) is 0.673. The number of carbonyl (C=O) groups excluding carboxylic acids is 1. The quantitative estimate of drug-likeness (QED) is 0.466. The number of amides is 1. The van der Waals surface area contributed by atoms with Gasteiger partial charge in [0.1, 0.15) is 17.3 Å². The summed E-state index contributed by atoms with van der Waals surface area (Å²) in [5, 5.41) is 0. The minimum absolute atomic E-state index is 0.174. The van der Waals surface area contributed by atoms with Crippen LogP contribution in [0.1, 0.15) is 10.4 Å². The van der Waals surface area contributed by atoms with Crippen molar-refractivity contribution in [3.63, 3.8) is 0 Å². The van der Waals surface area contributed by atoms with Crippen molar-refractivity contribution >= 4 is 21.4 Å². The van der Waals surface area contributed by atoms with E-state index in [9.17, 15) is 30.8 Å². The van der Waals surface area contributed by atoms with E-state index in [0.29, 0.717) is 17.2 Å². The summed E-state index contributed by atoms with van der Waals surface area (Å²) >= 11 is 0. The van der Waals surface area contributed by atoms with Crippen molar-refractivity contribution in [3.05, 3.63) is 66.2 Å².